The summed E-state index contributed by atoms with van der Waals surface area (Å²) in [7, 11) is 1.61. The van der Waals surface area contributed by atoms with E-state index in [2.05, 4.69) is 13.8 Å². The zero-order chi connectivity index (χ0) is 12.3. The van der Waals surface area contributed by atoms with Crippen molar-refractivity contribution in [3.63, 3.8) is 0 Å². The van der Waals surface area contributed by atoms with Crippen molar-refractivity contribution in [3.8, 4) is 5.75 Å². The van der Waals surface area contributed by atoms with Crippen LogP contribution in [0.5, 0.6) is 5.75 Å². The van der Waals surface area contributed by atoms with Crippen molar-refractivity contribution in [2.24, 2.45) is 0 Å². The number of benzene rings is 1. The minimum Gasteiger partial charge on any atom is -0.496 e. The van der Waals surface area contributed by atoms with E-state index in [0.29, 0.717) is 5.92 Å². The van der Waals surface area contributed by atoms with Crippen molar-refractivity contribution >= 4 is 0 Å². The predicted molar refractivity (Wildman–Crippen MR) is 63.7 cm³/mol. The van der Waals surface area contributed by atoms with Crippen LogP contribution in [0.1, 0.15) is 42.0 Å². The molecule has 0 bridgehead atoms. The summed E-state index contributed by atoms with van der Waals surface area (Å²) in [6.07, 6.45) is 0. The summed E-state index contributed by atoms with van der Waals surface area (Å²) >= 11 is 0. The van der Waals surface area contributed by atoms with Crippen LogP contribution in [0.25, 0.3) is 0 Å². The van der Waals surface area contributed by atoms with E-state index in [-0.39, 0.29) is 13.2 Å². The Morgan fingerprint density at radius 2 is 1.88 bits per heavy atom. The highest BCUT2D eigenvalue weighted by Gasteiger charge is 2.17. The summed E-state index contributed by atoms with van der Waals surface area (Å²) < 4.78 is 5.37. The summed E-state index contributed by atoms with van der Waals surface area (Å²) in [4.78, 5) is 0. The number of rotatable bonds is 4. The quantitative estimate of drug-likeness (QED) is 0.823. The second kappa shape index (κ2) is 5.32. The Bertz CT molecular complexity index is 370. The van der Waals surface area contributed by atoms with Crippen molar-refractivity contribution in [2.45, 2.75) is 39.9 Å². The van der Waals surface area contributed by atoms with E-state index in [1.807, 2.05) is 13.0 Å². The van der Waals surface area contributed by atoms with Gasteiger partial charge in [0, 0.05) is 5.56 Å². The third-order valence-electron chi connectivity index (χ3n) is 2.95. The van der Waals surface area contributed by atoms with Gasteiger partial charge in [0.1, 0.15) is 5.75 Å². The molecule has 2 N–H and O–H groups in total. The highest BCUT2D eigenvalue weighted by molar-refractivity contribution is 5.51. The number of methoxy groups -OCH3 is 1. The van der Waals surface area contributed by atoms with Crippen LogP contribution < -0.4 is 4.74 Å². The topological polar surface area (TPSA) is 49.7 Å². The van der Waals surface area contributed by atoms with Crippen molar-refractivity contribution < 1.29 is 14.9 Å². The van der Waals surface area contributed by atoms with Crippen LogP contribution >= 0.6 is 0 Å². The second-order valence-corrected chi connectivity index (χ2v) is 4.23. The Morgan fingerprint density at radius 1 is 1.25 bits per heavy atom. The highest BCUT2D eigenvalue weighted by Crippen LogP contribution is 2.34. The molecule has 0 fully saturated rings. The summed E-state index contributed by atoms with van der Waals surface area (Å²) in [6, 6.07) is 1.96. The van der Waals surface area contributed by atoms with Crippen LogP contribution in [0.15, 0.2) is 6.07 Å². The number of aliphatic hydroxyl groups excluding tert-OH is 2. The van der Waals surface area contributed by atoms with Gasteiger partial charge in [-0.2, -0.15) is 0 Å². The first-order chi connectivity index (χ1) is 7.56. The molecular weight excluding hydrogens is 204 g/mol. The molecule has 3 heteroatoms. The van der Waals surface area contributed by atoms with Gasteiger partial charge in [-0.15, -0.1) is 0 Å². The minimum atomic E-state index is -0.0669. The molecule has 1 aromatic rings. The Morgan fingerprint density at radius 3 is 2.25 bits per heavy atom. The van der Waals surface area contributed by atoms with Gasteiger partial charge in [0.05, 0.1) is 20.3 Å². The monoisotopic (exact) mass is 224 g/mol. The lowest BCUT2D eigenvalue weighted by Gasteiger charge is -2.19. The minimum absolute atomic E-state index is 0.0114. The van der Waals surface area contributed by atoms with Gasteiger partial charge >= 0.3 is 0 Å². The van der Waals surface area contributed by atoms with E-state index >= 15 is 0 Å². The zero-order valence-corrected chi connectivity index (χ0v) is 10.4. The molecule has 0 saturated carbocycles. The average molecular weight is 224 g/mol. The number of hydrogen-bond acceptors (Lipinski definition) is 3. The molecule has 0 saturated heterocycles. The third-order valence-corrected chi connectivity index (χ3v) is 2.95. The van der Waals surface area contributed by atoms with Crippen molar-refractivity contribution in [3.05, 3.63) is 28.3 Å². The van der Waals surface area contributed by atoms with E-state index in [1.54, 1.807) is 7.11 Å². The molecule has 0 aliphatic carbocycles. The molecular formula is C13H20O3. The molecule has 0 aromatic heterocycles. The van der Waals surface area contributed by atoms with Crippen LogP contribution in [-0.4, -0.2) is 17.3 Å². The normalized spacial score (nSPS) is 10.9. The summed E-state index contributed by atoms with van der Waals surface area (Å²) in [5.41, 5.74) is 3.57. The maximum absolute atomic E-state index is 9.39. The van der Waals surface area contributed by atoms with E-state index in [9.17, 15) is 10.2 Å². The van der Waals surface area contributed by atoms with Crippen LogP contribution in [0.2, 0.25) is 0 Å². The van der Waals surface area contributed by atoms with Gasteiger partial charge in [-0.1, -0.05) is 13.8 Å². The first-order valence-electron chi connectivity index (χ1n) is 5.47. The maximum Gasteiger partial charge on any atom is 0.128 e. The molecule has 0 amide bonds. The molecule has 0 radical (unpaired) electrons. The largest absolute Gasteiger partial charge is 0.496 e. The second-order valence-electron chi connectivity index (χ2n) is 4.23. The van der Waals surface area contributed by atoms with Gasteiger partial charge in [-0.05, 0) is 35.6 Å². The third kappa shape index (κ3) is 2.20. The molecule has 0 atom stereocenters. The molecule has 0 aliphatic heterocycles. The predicted octanol–water partition coefficient (Wildman–Crippen LogP) is 2.11. The number of ether oxygens (including phenoxy) is 1. The van der Waals surface area contributed by atoms with Gasteiger partial charge in [0.2, 0.25) is 0 Å². The fourth-order valence-electron chi connectivity index (χ4n) is 1.92. The van der Waals surface area contributed by atoms with E-state index in [1.165, 1.54) is 0 Å². The van der Waals surface area contributed by atoms with E-state index in [4.69, 9.17) is 4.74 Å². The Kier molecular flexibility index (Phi) is 4.33. The molecule has 3 nitrogen and oxygen atoms in total. The highest BCUT2D eigenvalue weighted by atomic mass is 16.5. The van der Waals surface area contributed by atoms with Gasteiger partial charge in [0.15, 0.2) is 0 Å². The van der Waals surface area contributed by atoms with Crippen molar-refractivity contribution in [1.82, 2.24) is 0 Å². The van der Waals surface area contributed by atoms with Gasteiger partial charge in [-0.25, -0.2) is 0 Å². The summed E-state index contributed by atoms with van der Waals surface area (Å²) in [5, 5.41) is 18.7. The average Bonchev–Trinajstić information content (AvgIpc) is 2.27. The SMILES string of the molecule is COc1c(C(C)C)cc(CO)c(C)c1CO. The standard InChI is InChI=1S/C13H20O3/c1-8(2)11-5-10(6-14)9(3)12(7-15)13(11)16-4/h5,8,14-15H,6-7H2,1-4H3. The van der Waals surface area contributed by atoms with Crippen LogP contribution in [0.3, 0.4) is 0 Å². The number of hydrogen-bond donors (Lipinski definition) is 2. The lowest BCUT2D eigenvalue weighted by atomic mass is 9.92. The van der Waals surface area contributed by atoms with Gasteiger partial charge in [-0.3, -0.25) is 0 Å². The lowest BCUT2D eigenvalue weighted by Crippen LogP contribution is -2.05. The van der Waals surface area contributed by atoms with E-state index < -0.39 is 0 Å². The first kappa shape index (κ1) is 13.0. The summed E-state index contributed by atoms with van der Waals surface area (Å²) in [6.45, 7) is 5.94. The van der Waals surface area contributed by atoms with Crippen molar-refractivity contribution in [1.29, 1.82) is 0 Å². The first-order valence-corrected chi connectivity index (χ1v) is 5.47. The molecule has 1 rings (SSSR count). The molecule has 90 valence electrons. The smallest absolute Gasteiger partial charge is 0.128 e. The molecule has 0 aliphatic rings. The molecule has 0 heterocycles. The Labute approximate surface area is 96.7 Å². The lowest BCUT2D eigenvalue weighted by molar-refractivity contribution is 0.267. The Balaban J connectivity index is 3.49. The van der Waals surface area contributed by atoms with Gasteiger partial charge in [0.25, 0.3) is 0 Å². The van der Waals surface area contributed by atoms with Crippen LogP contribution in [-0.2, 0) is 13.2 Å². The maximum atomic E-state index is 9.39. The molecule has 1 aromatic carbocycles. The number of aliphatic hydroxyl groups is 2. The van der Waals surface area contributed by atoms with Crippen molar-refractivity contribution in [2.75, 3.05) is 7.11 Å². The fourth-order valence-corrected chi connectivity index (χ4v) is 1.92. The zero-order valence-electron chi connectivity index (χ0n) is 10.4. The summed E-state index contributed by atoms with van der Waals surface area (Å²) in [5.74, 6) is 1.04. The molecule has 0 unspecified atom stereocenters. The Hall–Kier alpha value is -1.06. The molecule has 16 heavy (non-hydrogen) atoms. The van der Waals surface area contributed by atoms with Crippen LogP contribution in [0.4, 0.5) is 0 Å². The fraction of sp³-hybridized carbons (Fsp3) is 0.538. The molecule has 0 spiro atoms. The van der Waals surface area contributed by atoms with E-state index in [0.717, 1.165) is 28.0 Å². The van der Waals surface area contributed by atoms with Crippen LogP contribution in [0, 0.1) is 6.92 Å². The van der Waals surface area contributed by atoms with Gasteiger partial charge < -0.3 is 14.9 Å².